The van der Waals surface area contributed by atoms with Crippen LogP contribution in [0.4, 0.5) is 27.6 Å². The predicted molar refractivity (Wildman–Crippen MR) is 61.6 cm³/mol. The van der Waals surface area contributed by atoms with Crippen LogP contribution < -0.4 is 5.32 Å². The van der Waals surface area contributed by atoms with Gasteiger partial charge in [0.2, 0.25) is 5.82 Å². The van der Waals surface area contributed by atoms with Crippen LogP contribution in [0.2, 0.25) is 0 Å². The number of aryl methyl sites for hydroxylation is 1. The van der Waals surface area contributed by atoms with Crippen molar-refractivity contribution < 1.29 is 22.0 Å². The summed E-state index contributed by atoms with van der Waals surface area (Å²) in [7, 11) is 1.70. The molecule has 0 saturated heterocycles. The van der Waals surface area contributed by atoms with Gasteiger partial charge in [-0.1, -0.05) is 0 Å². The van der Waals surface area contributed by atoms with E-state index in [1.165, 1.54) is 4.68 Å². The second-order valence-electron chi connectivity index (χ2n) is 4.14. The van der Waals surface area contributed by atoms with Gasteiger partial charge in [0.15, 0.2) is 23.3 Å². The minimum Gasteiger partial charge on any atom is -0.380 e. The lowest BCUT2D eigenvalue weighted by Crippen LogP contribution is -2.12. The van der Waals surface area contributed by atoms with E-state index < -0.39 is 34.8 Å². The zero-order valence-corrected chi connectivity index (χ0v) is 10.4. The van der Waals surface area contributed by atoms with Crippen LogP contribution in [-0.4, -0.2) is 16.3 Å². The molecule has 8 heteroatoms. The third kappa shape index (κ3) is 2.59. The van der Waals surface area contributed by atoms with Crippen molar-refractivity contribution in [3.05, 3.63) is 47.0 Å². The third-order valence-corrected chi connectivity index (χ3v) is 2.68. The van der Waals surface area contributed by atoms with E-state index in [2.05, 4.69) is 10.4 Å². The number of halogens is 5. The first-order valence-corrected chi connectivity index (χ1v) is 5.64. The molecule has 1 N–H and O–H groups in total. The van der Waals surface area contributed by atoms with Crippen LogP contribution in [0.25, 0.3) is 0 Å². The highest BCUT2D eigenvalue weighted by Crippen LogP contribution is 2.26. The lowest BCUT2D eigenvalue weighted by Gasteiger charge is -2.10. The molecule has 0 atom stereocenters. The number of nitrogens with zero attached hydrogens (tertiary/aromatic N) is 2. The molecule has 0 fully saturated rings. The van der Waals surface area contributed by atoms with Gasteiger partial charge < -0.3 is 5.32 Å². The number of benzene rings is 1. The SMILES string of the molecule is Cn1cc(CCNc2c(F)c(F)c(F)c(F)c2F)cn1. The summed E-state index contributed by atoms with van der Waals surface area (Å²) < 4.78 is 66.9. The summed E-state index contributed by atoms with van der Waals surface area (Å²) in [5.41, 5.74) is -0.255. The quantitative estimate of drug-likeness (QED) is 0.533. The van der Waals surface area contributed by atoms with Crippen molar-refractivity contribution >= 4 is 5.69 Å². The van der Waals surface area contributed by atoms with Crippen LogP contribution in [0.1, 0.15) is 5.56 Å². The Balaban J connectivity index is 2.13. The fourth-order valence-corrected chi connectivity index (χ4v) is 1.69. The van der Waals surface area contributed by atoms with E-state index in [9.17, 15) is 22.0 Å². The van der Waals surface area contributed by atoms with Crippen molar-refractivity contribution in [3.63, 3.8) is 0 Å². The smallest absolute Gasteiger partial charge is 0.200 e. The largest absolute Gasteiger partial charge is 0.380 e. The normalized spacial score (nSPS) is 10.9. The second-order valence-corrected chi connectivity index (χ2v) is 4.14. The first-order chi connectivity index (χ1) is 9.41. The van der Waals surface area contributed by atoms with E-state index in [0.29, 0.717) is 6.42 Å². The summed E-state index contributed by atoms with van der Waals surface area (Å²) in [6.07, 6.45) is 3.55. The first-order valence-electron chi connectivity index (χ1n) is 5.64. The van der Waals surface area contributed by atoms with Crippen LogP contribution in [0.3, 0.4) is 0 Å². The first kappa shape index (κ1) is 14.3. The maximum atomic E-state index is 13.3. The van der Waals surface area contributed by atoms with Crippen molar-refractivity contribution in [2.24, 2.45) is 7.05 Å². The van der Waals surface area contributed by atoms with Crippen molar-refractivity contribution in [2.45, 2.75) is 6.42 Å². The summed E-state index contributed by atoms with van der Waals surface area (Å²) in [5.74, 6) is -9.83. The Bertz CT molecular complexity index is 609. The number of anilines is 1. The molecule has 0 aliphatic rings. The average Bonchev–Trinajstić information content (AvgIpc) is 2.84. The molecule has 1 aromatic carbocycles. The topological polar surface area (TPSA) is 29.9 Å². The van der Waals surface area contributed by atoms with Crippen LogP contribution >= 0.6 is 0 Å². The minimum absolute atomic E-state index is 0.00401. The number of hydrogen-bond acceptors (Lipinski definition) is 2. The van der Waals surface area contributed by atoms with Gasteiger partial charge in [-0.15, -0.1) is 0 Å². The van der Waals surface area contributed by atoms with Gasteiger partial charge in [0, 0.05) is 19.8 Å². The van der Waals surface area contributed by atoms with Gasteiger partial charge in [-0.05, 0) is 12.0 Å². The van der Waals surface area contributed by atoms with Crippen molar-refractivity contribution in [3.8, 4) is 0 Å². The summed E-state index contributed by atoms with van der Waals surface area (Å²) in [5, 5.41) is 6.10. The highest BCUT2D eigenvalue weighted by molar-refractivity contribution is 5.47. The number of hydrogen-bond donors (Lipinski definition) is 1. The maximum absolute atomic E-state index is 13.3. The van der Waals surface area contributed by atoms with E-state index in [1.54, 1.807) is 19.4 Å². The highest BCUT2D eigenvalue weighted by Gasteiger charge is 2.25. The van der Waals surface area contributed by atoms with Crippen LogP contribution in [0.5, 0.6) is 0 Å². The predicted octanol–water partition coefficient (Wildman–Crippen LogP) is 2.77. The van der Waals surface area contributed by atoms with E-state index in [4.69, 9.17) is 0 Å². The molecule has 3 nitrogen and oxygen atoms in total. The van der Waals surface area contributed by atoms with Crippen molar-refractivity contribution in [1.29, 1.82) is 0 Å². The zero-order valence-electron chi connectivity index (χ0n) is 10.4. The van der Waals surface area contributed by atoms with E-state index in [-0.39, 0.29) is 6.54 Å². The number of nitrogens with one attached hydrogen (secondary N) is 1. The molecule has 2 rings (SSSR count). The average molecular weight is 291 g/mol. The zero-order chi connectivity index (χ0) is 14.9. The van der Waals surface area contributed by atoms with Crippen molar-refractivity contribution in [1.82, 2.24) is 9.78 Å². The molecule has 0 unspecified atom stereocenters. The van der Waals surface area contributed by atoms with E-state index >= 15 is 0 Å². The number of rotatable bonds is 4. The summed E-state index contributed by atoms with van der Waals surface area (Å²) in [6, 6.07) is 0. The minimum atomic E-state index is -2.17. The summed E-state index contributed by atoms with van der Waals surface area (Å²) in [4.78, 5) is 0. The molecule has 108 valence electrons. The van der Waals surface area contributed by atoms with E-state index in [0.717, 1.165) is 5.56 Å². The van der Waals surface area contributed by atoms with Gasteiger partial charge >= 0.3 is 0 Å². The van der Waals surface area contributed by atoms with Crippen LogP contribution in [0, 0.1) is 29.1 Å². The standard InChI is InChI=1S/C12H10F5N3/c1-20-5-6(4-19-20)2-3-18-12-10(16)8(14)7(13)9(15)11(12)17/h4-5,18H,2-3H2,1H3. The molecule has 20 heavy (non-hydrogen) atoms. The monoisotopic (exact) mass is 291 g/mol. The molecule has 0 aliphatic heterocycles. The Morgan fingerprint density at radius 1 is 1.00 bits per heavy atom. The molecule has 0 saturated carbocycles. The molecule has 0 bridgehead atoms. The molecular weight excluding hydrogens is 281 g/mol. The number of aromatic nitrogens is 2. The molecule has 0 aliphatic carbocycles. The second kappa shape index (κ2) is 5.48. The molecule has 0 radical (unpaired) electrons. The fourth-order valence-electron chi connectivity index (χ4n) is 1.69. The lowest BCUT2D eigenvalue weighted by molar-refractivity contribution is 0.381. The Morgan fingerprint density at radius 3 is 2.05 bits per heavy atom. The molecule has 0 spiro atoms. The molecule has 1 aromatic heterocycles. The Hall–Kier alpha value is -2.12. The van der Waals surface area contributed by atoms with E-state index in [1.807, 2.05) is 0 Å². The van der Waals surface area contributed by atoms with Gasteiger partial charge in [-0.25, -0.2) is 22.0 Å². The van der Waals surface area contributed by atoms with Gasteiger partial charge in [0.25, 0.3) is 0 Å². The molecule has 2 aromatic rings. The third-order valence-electron chi connectivity index (χ3n) is 2.68. The van der Waals surface area contributed by atoms with Gasteiger partial charge in [-0.3, -0.25) is 4.68 Å². The molecule has 1 heterocycles. The lowest BCUT2D eigenvalue weighted by atomic mass is 10.2. The van der Waals surface area contributed by atoms with Gasteiger partial charge in [0.05, 0.1) is 6.20 Å². The fraction of sp³-hybridized carbons (Fsp3) is 0.250. The van der Waals surface area contributed by atoms with Gasteiger partial charge in [0.1, 0.15) is 5.69 Å². The Morgan fingerprint density at radius 2 is 1.55 bits per heavy atom. The van der Waals surface area contributed by atoms with Crippen LogP contribution in [-0.2, 0) is 13.5 Å². The molecule has 0 amide bonds. The maximum Gasteiger partial charge on any atom is 0.200 e. The van der Waals surface area contributed by atoms with Gasteiger partial charge in [-0.2, -0.15) is 5.10 Å². The van der Waals surface area contributed by atoms with Crippen molar-refractivity contribution in [2.75, 3.05) is 11.9 Å². The summed E-state index contributed by atoms with van der Waals surface area (Å²) >= 11 is 0. The molecular formula is C12H10F5N3. The Kier molecular flexibility index (Phi) is 3.91. The summed E-state index contributed by atoms with van der Waals surface area (Å²) in [6.45, 7) is 0.00401. The Labute approximate surface area is 111 Å². The highest BCUT2D eigenvalue weighted by atomic mass is 19.2. The van der Waals surface area contributed by atoms with Crippen LogP contribution in [0.15, 0.2) is 12.4 Å².